The first-order valence-corrected chi connectivity index (χ1v) is 18.3. The molecule has 1 heteroatoms. The number of para-hydroxylation sites is 2. The lowest BCUT2D eigenvalue weighted by Crippen LogP contribution is -1.94. The molecule has 0 bridgehead atoms. The summed E-state index contributed by atoms with van der Waals surface area (Å²) >= 11 is 0. The van der Waals surface area contributed by atoms with Crippen LogP contribution in [0.3, 0.4) is 0 Å². The van der Waals surface area contributed by atoms with Gasteiger partial charge in [-0.1, -0.05) is 182 Å². The van der Waals surface area contributed by atoms with Crippen LogP contribution in [0, 0.1) is 0 Å². The van der Waals surface area contributed by atoms with E-state index in [-0.39, 0.29) is 0 Å². The Morgan fingerprint density at radius 1 is 0.283 bits per heavy atom. The molecule has 1 aromatic heterocycles. The number of benzene rings is 9. The molecule has 0 saturated heterocycles. The molecule has 9 aromatic carbocycles. The highest BCUT2D eigenvalue weighted by molar-refractivity contribution is 6.22. The highest BCUT2D eigenvalue weighted by Crippen LogP contribution is 2.57. The normalized spacial score (nSPS) is 11.8. The van der Waals surface area contributed by atoms with Crippen LogP contribution in [0.5, 0.6) is 0 Å². The van der Waals surface area contributed by atoms with Crippen LogP contribution in [0.4, 0.5) is 0 Å². The highest BCUT2D eigenvalue weighted by Gasteiger charge is 2.30. The van der Waals surface area contributed by atoms with Crippen molar-refractivity contribution in [2.75, 3.05) is 0 Å². The van der Waals surface area contributed by atoms with Crippen molar-refractivity contribution in [3.8, 4) is 77.9 Å². The minimum atomic E-state index is 0.919. The lowest BCUT2D eigenvalue weighted by molar-refractivity contribution is 0.670. The lowest BCUT2D eigenvalue weighted by atomic mass is 9.82. The number of hydrogen-bond acceptors (Lipinski definition) is 1. The van der Waals surface area contributed by atoms with Crippen LogP contribution in [-0.4, -0.2) is 0 Å². The summed E-state index contributed by atoms with van der Waals surface area (Å²) in [6.45, 7) is 0. The second-order valence-electron chi connectivity index (χ2n) is 14.0. The lowest BCUT2D eigenvalue weighted by Gasteiger charge is -2.21. The predicted octanol–water partition coefficient (Wildman–Crippen LogP) is 14.7. The van der Waals surface area contributed by atoms with Gasteiger partial charge in [0.1, 0.15) is 11.2 Å². The van der Waals surface area contributed by atoms with E-state index in [1.165, 1.54) is 77.5 Å². The van der Waals surface area contributed by atoms with Gasteiger partial charge in [-0.3, -0.25) is 0 Å². The average molecular weight is 673 g/mol. The minimum Gasteiger partial charge on any atom is -0.455 e. The second kappa shape index (κ2) is 11.8. The van der Waals surface area contributed by atoms with E-state index in [0.717, 1.165) is 33.1 Å². The maximum atomic E-state index is 6.35. The molecule has 0 amide bonds. The fourth-order valence-electron chi connectivity index (χ4n) is 8.63. The Morgan fingerprint density at radius 2 is 0.774 bits per heavy atom. The molecule has 0 radical (unpaired) electrons. The van der Waals surface area contributed by atoms with E-state index in [4.69, 9.17) is 4.42 Å². The number of rotatable bonds is 5. The van der Waals surface area contributed by atoms with Gasteiger partial charge in [0.15, 0.2) is 0 Å². The second-order valence-corrected chi connectivity index (χ2v) is 14.0. The van der Waals surface area contributed by atoms with Gasteiger partial charge in [0.05, 0.1) is 0 Å². The molecular formula is C52H32O. The Labute approximate surface area is 308 Å². The van der Waals surface area contributed by atoms with Crippen molar-refractivity contribution < 1.29 is 4.42 Å². The summed E-state index contributed by atoms with van der Waals surface area (Å²) in [5.41, 5.74) is 19.2. The Kier molecular flexibility index (Phi) is 6.62. The number of furan rings is 1. The van der Waals surface area contributed by atoms with Crippen molar-refractivity contribution in [2.24, 2.45) is 0 Å². The molecule has 0 saturated carbocycles. The van der Waals surface area contributed by atoms with Crippen LogP contribution < -0.4 is 0 Å². The highest BCUT2D eigenvalue weighted by atomic mass is 16.3. The van der Waals surface area contributed by atoms with E-state index >= 15 is 0 Å². The van der Waals surface area contributed by atoms with Crippen LogP contribution in [0.15, 0.2) is 199 Å². The number of hydrogen-bond donors (Lipinski definition) is 0. The van der Waals surface area contributed by atoms with Gasteiger partial charge in [0.2, 0.25) is 0 Å². The van der Waals surface area contributed by atoms with Gasteiger partial charge in [-0.15, -0.1) is 0 Å². The first-order valence-electron chi connectivity index (χ1n) is 18.3. The van der Waals surface area contributed by atoms with Crippen LogP contribution in [0.2, 0.25) is 0 Å². The maximum Gasteiger partial charge on any atom is 0.143 e. The first-order chi connectivity index (χ1) is 26.3. The maximum absolute atomic E-state index is 6.35. The molecule has 246 valence electrons. The molecule has 0 aliphatic heterocycles. The molecular weight excluding hydrogens is 641 g/mol. The fraction of sp³-hybridized carbons (Fsp3) is 0. The summed E-state index contributed by atoms with van der Waals surface area (Å²) in [7, 11) is 0. The Hall–Kier alpha value is -6.96. The summed E-state index contributed by atoms with van der Waals surface area (Å²) in [4.78, 5) is 0. The molecule has 1 nitrogen and oxygen atoms in total. The molecule has 1 aliphatic carbocycles. The van der Waals surface area contributed by atoms with Gasteiger partial charge >= 0.3 is 0 Å². The zero-order valence-electron chi connectivity index (χ0n) is 28.9. The van der Waals surface area contributed by atoms with Crippen LogP contribution in [0.1, 0.15) is 0 Å². The predicted molar refractivity (Wildman–Crippen MR) is 223 cm³/mol. The summed E-state index contributed by atoms with van der Waals surface area (Å²) in [6, 6.07) is 70.4. The van der Waals surface area contributed by atoms with Gasteiger partial charge in [-0.2, -0.15) is 0 Å². The topological polar surface area (TPSA) is 13.1 Å². The molecule has 10 aromatic rings. The van der Waals surface area contributed by atoms with Gasteiger partial charge in [-0.25, -0.2) is 0 Å². The third kappa shape index (κ3) is 4.64. The summed E-state index contributed by atoms with van der Waals surface area (Å²) in [6.07, 6.45) is 0. The third-order valence-corrected chi connectivity index (χ3v) is 11.0. The average Bonchev–Trinajstić information content (AvgIpc) is 3.79. The van der Waals surface area contributed by atoms with Gasteiger partial charge in [0, 0.05) is 16.3 Å². The molecule has 0 N–H and O–H groups in total. The van der Waals surface area contributed by atoms with E-state index in [9.17, 15) is 0 Å². The quantitative estimate of drug-likeness (QED) is 0.177. The summed E-state index contributed by atoms with van der Waals surface area (Å²) in [5, 5.41) is 4.92. The minimum absolute atomic E-state index is 0.919. The Bertz CT molecular complexity index is 3000. The third-order valence-electron chi connectivity index (χ3n) is 11.0. The van der Waals surface area contributed by atoms with Crippen LogP contribution in [-0.2, 0) is 0 Å². The molecule has 53 heavy (non-hydrogen) atoms. The smallest absolute Gasteiger partial charge is 0.143 e. The SMILES string of the molecule is c1ccc(-c2cc(-c3ccc(-c4ccc(-c5cccc6c5oc5ccccc56)cc4)cc3)c(-c3ccccc3)c3c2-c2cccc4cccc-3c24)cc1. The van der Waals surface area contributed by atoms with E-state index in [1.807, 2.05) is 12.1 Å². The molecule has 1 aliphatic rings. The van der Waals surface area contributed by atoms with Crippen molar-refractivity contribution in [1.82, 2.24) is 0 Å². The van der Waals surface area contributed by atoms with Gasteiger partial charge < -0.3 is 4.42 Å². The van der Waals surface area contributed by atoms with E-state index in [0.29, 0.717) is 0 Å². The zero-order valence-corrected chi connectivity index (χ0v) is 28.9. The Balaban J connectivity index is 1.05. The van der Waals surface area contributed by atoms with Gasteiger partial charge in [-0.05, 0) is 95.2 Å². The zero-order chi connectivity index (χ0) is 34.9. The first kappa shape index (κ1) is 29.7. The summed E-state index contributed by atoms with van der Waals surface area (Å²) in [5.74, 6) is 0. The van der Waals surface area contributed by atoms with Crippen molar-refractivity contribution in [3.63, 3.8) is 0 Å². The van der Waals surface area contributed by atoms with Gasteiger partial charge in [0.25, 0.3) is 0 Å². The fourth-order valence-corrected chi connectivity index (χ4v) is 8.63. The van der Waals surface area contributed by atoms with Crippen molar-refractivity contribution >= 4 is 32.7 Å². The van der Waals surface area contributed by atoms with E-state index in [2.05, 4.69) is 182 Å². The Morgan fingerprint density at radius 3 is 1.47 bits per heavy atom. The number of fused-ring (bicyclic) bond motifs is 6. The van der Waals surface area contributed by atoms with Crippen molar-refractivity contribution in [1.29, 1.82) is 0 Å². The largest absolute Gasteiger partial charge is 0.455 e. The van der Waals surface area contributed by atoms with Crippen LogP contribution in [0.25, 0.3) is 111 Å². The van der Waals surface area contributed by atoms with Crippen LogP contribution >= 0.6 is 0 Å². The summed E-state index contributed by atoms with van der Waals surface area (Å²) < 4.78 is 6.35. The molecule has 0 spiro atoms. The molecule has 1 heterocycles. The van der Waals surface area contributed by atoms with E-state index < -0.39 is 0 Å². The van der Waals surface area contributed by atoms with Crippen molar-refractivity contribution in [3.05, 3.63) is 194 Å². The molecule has 0 atom stereocenters. The molecule has 0 unspecified atom stereocenters. The van der Waals surface area contributed by atoms with Crippen molar-refractivity contribution in [2.45, 2.75) is 0 Å². The standard InChI is InChI=1S/C52H32O/c1-3-12-35(13-4-1)46-32-45(49(39-14-5-2-6-15-39)51-44-22-10-17-38-16-9-21-43(48(38)44)50(46)51)37-30-26-34(27-31-37)33-24-28-36(29-25-33)40-19-11-20-42-41-18-7-8-23-47(41)53-52(40)42/h1-32H. The molecule has 11 rings (SSSR count). The van der Waals surface area contributed by atoms with E-state index in [1.54, 1.807) is 0 Å². The monoisotopic (exact) mass is 672 g/mol. The molecule has 0 fully saturated rings.